The number of allylic oxidation sites excluding steroid dienone is 3. The zero-order valence-corrected chi connectivity index (χ0v) is 10.9. The van der Waals surface area contributed by atoms with E-state index in [4.69, 9.17) is 0 Å². The number of amides is 3. The van der Waals surface area contributed by atoms with E-state index < -0.39 is 11.9 Å². The van der Waals surface area contributed by atoms with Crippen LogP contribution in [0.3, 0.4) is 0 Å². The average molecular weight is 250 g/mol. The highest BCUT2D eigenvalue weighted by Crippen LogP contribution is 2.08. The zero-order valence-electron chi connectivity index (χ0n) is 10.9. The van der Waals surface area contributed by atoms with Gasteiger partial charge in [-0.3, -0.25) is 19.7 Å². The number of hydrogen-bond donors (Lipinski definition) is 2. The first kappa shape index (κ1) is 14.2. The second-order valence-electron chi connectivity index (χ2n) is 4.29. The lowest BCUT2D eigenvalue weighted by Crippen LogP contribution is -2.52. The summed E-state index contributed by atoms with van der Waals surface area (Å²) in [5.41, 5.74) is 1.42. The molecule has 0 saturated carbocycles. The van der Waals surface area contributed by atoms with Gasteiger partial charge in [0.15, 0.2) is 0 Å². The van der Waals surface area contributed by atoms with E-state index in [1.54, 1.807) is 6.92 Å². The Kier molecular flexibility index (Phi) is 4.83. The Morgan fingerprint density at radius 2 is 2.06 bits per heavy atom. The van der Waals surface area contributed by atoms with Gasteiger partial charge in [0.25, 0.3) is 0 Å². The predicted octanol–water partition coefficient (Wildman–Crippen LogP) is 0.820. The molecule has 1 aliphatic rings. The Hall–Kier alpha value is -1.91. The minimum atomic E-state index is -0.622. The molecule has 0 aliphatic carbocycles. The van der Waals surface area contributed by atoms with E-state index in [2.05, 4.69) is 10.6 Å². The van der Waals surface area contributed by atoms with Gasteiger partial charge in [-0.15, -0.1) is 0 Å². The van der Waals surface area contributed by atoms with Gasteiger partial charge >= 0.3 is 0 Å². The summed E-state index contributed by atoms with van der Waals surface area (Å²) >= 11 is 0. The van der Waals surface area contributed by atoms with Crippen LogP contribution in [-0.4, -0.2) is 23.8 Å². The smallest absolute Gasteiger partial charge is 0.249 e. The zero-order chi connectivity index (χ0) is 13.7. The molecule has 5 nitrogen and oxygen atoms in total. The largest absolute Gasteiger partial charge is 0.340 e. The van der Waals surface area contributed by atoms with Crippen LogP contribution >= 0.6 is 0 Å². The van der Waals surface area contributed by atoms with Gasteiger partial charge in [-0.2, -0.15) is 0 Å². The van der Waals surface area contributed by atoms with Crippen molar-refractivity contribution in [1.29, 1.82) is 0 Å². The maximum absolute atomic E-state index is 11.9. The Balaban J connectivity index is 2.68. The van der Waals surface area contributed by atoms with Crippen molar-refractivity contribution < 1.29 is 14.4 Å². The minimum Gasteiger partial charge on any atom is -0.340 e. The fraction of sp³-hybridized carbons (Fsp3) is 0.462. The molecule has 98 valence electrons. The lowest BCUT2D eigenvalue weighted by Gasteiger charge is -2.22. The van der Waals surface area contributed by atoms with E-state index in [0.717, 1.165) is 5.57 Å². The van der Waals surface area contributed by atoms with Crippen LogP contribution in [0.5, 0.6) is 0 Å². The molecule has 1 heterocycles. The summed E-state index contributed by atoms with van der Waals surface area (Å²) < 4.78 is 0. The van der Waals surface area contributed by atoms with Gasteiger partial charge in [-0.1, -0.05) is 12.2 Å². The van der Waals surface area contributed by atoms with Crippen molar-refractivity contribution >= 4 is 17.7 Å². The molecule has 3 amide bonds. The summed E-state index contributed by atoms with van der Waals surface area (Å²) in [6, 6.07) is -0.622. The van der Waals surface area contributed by atoms with Crippen molar-refractivity contribution in [2.75, 3.05) is 0 Å². The molecule has 2 N–H and O–H groups in total. The first-order chi connectivity index (χ1) is 8.45. The Morgan fingerprint density at radius 3 is 2.61 bits per heavy atom. The van der Waals surface area contributed by atoms with Gasteiger partial charge in [0.1, 0.15) is 6.04 Å². The van der Waals surface area contributed by atoms with Crippen molar-refractivity contribution in [2.24, 2.45) is 0 Å². The predicted molar refractivity (Wildman–Crippen MR) is 67.5 cm³/mol. The highest BCUT2D eigenvalue weighted by atomic mass is 16.2. The molecular weight excluding hydrogens is 232 g/mol. The molecule has 1 rings (SSSR count). The normalized spacial score (nSPS) is 21.6. The number of hydrogen-bond acceptors (Lipinski definition) is 3. The molecule has 5 heteroatoms. The van der Waals surface area contributed by atoms with Crippen molar-refractivity contribution in [3.8, 4) is 0 Å². The van der Waals surface area contributed by atoms with Gasteiger partial charge < -0.3 is 5.32 Å². The summed E-state index contributed by atoms with van der Waals surface area (Å²) in [4.78, 5) is 34.3. The second kappa shape index (κ2) is 6.14. The van der Waals surface area contributed by atoms with Crippen molar-refractivity contribution in [2.45, 2.75) is 39.7 Å². The van der Waals surface area contributed by atoms with Gasteiger partial charge in [0.2, 0.25) is 17.7 Å². The van der Waals surface area contributed by atoms with Crippen LogP contribution in [0.15, 0.2) is 23.3 Å². The van der Waals surface area contributed by atoms with Crippen LogP contribution in [0, 0.1) is 0 Å². The summed E-state index contributed by atoms with van der Waals surface area (Å²) in [5, 5.41) is 4.84. The molecule has 0 aromatic heterocycles. The third kappa shape index (κ3) is 3.55. The fourth-order valence-electron chi connectivity index (χ4n) is 1.65. The van der Waals surface area contributed by atoms with Crippen LogP contribution in [-0.2, 0) is 14.4 Å². The van der Waals surface area contributed by atoms with Gasteiger partial charge in [0.05, 0.1) is 0 Å². The van der Waals surface area contributed by atoms with Crippen LogP contribution in [0.4, 0.5) is 0 Å². The monoisotopic (exact) mass is 250 g/mol. The van der Waals surface area contributed by atoms with Gasteiger partial charge in [0, 0.05) is 12.0 Å². The Morgan fingerprint density at radius 1 is 1.39 bits per heavy atom. The van der Waals surface area contributed by atoms with Crippen molar-refractivity contribution in [1.82, 2.24) is 10.6 Å². The standard InChI is InChI=1S/C13H18N2O3/c1-4-5-8(2)9(3)12(17)14-10-6-7-11(16)15-13(10)18/h4-5,10H,6-7H2,1-3H3,(H,14,17)(H,15,16,18)/b5-4-,9-8+. The maximum Gasteiger partial charge on any atom is 0.249 e. The first-order valence-corrected chi connectivity index (χ1v) is 5.90. The van der Waals surface area contributed by atoms with Gasteiger partial charge in [-0.05, 0) is 32.8 Å². The van der Waals surface area contributed by atoms with E-state index in [-0.39, 0.29) is 18.2 Å². The number of nitrogens with one attached hydrogen (secondary N) is 2. The molecule has 0 aromatic rings. The van der Waals surface area contributed by atoms with Crippen LogP contribution in [0.1, 0.15) is 33.6 Å². The third-order valence-corrected chi connectivity index (χ3v) is 2.89. The lowest BCUT2D eigenvalue weighted by molar-refractivity contribution is -0.136. The molecule has 0 spiro atoms. The molecule has 0 aromatic carbocycles. The van der Waals surface area contributed by atoms with Crippen LogP contribution in [0.25, 0.3) is 0 Å². The molecule has 1 unspecified atom stereocenters. The third-order valence-electron chi connectivity index (χ3n) is 2.89. The molecule has 18 heavy (non-hydrogen) atoms. The molecule has 1 saturated heterocycles. The van der Waals surface area contributed by atoms with E-state index in [9.17, 15) is 14.4 Å². The van der Waals surface area contributed by atoms with Crippen molar-refractivity contribution in [3.05, 3.63) is 23.3 Å². The summed E-state index contributed by atoms with van der Waals surface area (Å²) in [7, 11) is 0. The number of carbonyl (C=O) groups is 3. The molecule has 1 aliphatic heterocycles. The summed E-state index contributed by atoms with van der Waals surface area (Å²) in [6.45, 7) is 5.41. The maximum atomic E-state index is 11.9. The average Bonchev–Trinajstić information content (AvgIpc) is 2.32. The molecule has 1 fully saturated rings. The van der Waals surface area contributed by atoms with Crippen LogP contribution < -0.4 is 10.6 Å². The highest BCUT2D eigenvalue weighted by Gasteiger charge is 2.28. The van der Waals surface area contributed by atoms with Crippen LogP contribution in [0.2, 0.25) is 0 Å². The second-order valence-corrected chi connectivity index (χ2v) is 4.29. The van der Waals surface area contributed by atoms with Gasteiger partial charge in [-0.25, -0.2) is 0 Å². The highest BCUT2D eigenvalue weighted by molar-refractivity contribution is 6.03. The molecule has 1 atom stereocenters. The number of imide groups is 1. The number of carbonyl (C=O) groups excluding carboxylic acids is 3. The van der Waals surface area contributed by atoms with E-state index >= 15 is 0 Å². The van der Waals surface area contributed by atoms with E-state index in [1.807, 2.05) is 26.0 Å². The minimum absolute atomic E-state index is 0.257. The fourth-order valence-corrected chi connectivity index (χ4v) is 1.65. The van der Waals surface area contributed by atoms with Crippen molar-refractivity contribution in [3.63, 3.8) is 0 Å². The lowest BCUT2D eigenvalue weighted by atomic mass is 10.0. The number of rotatable bonds is 3. The van der Waals surface area contributed by atoms with E-state index in [1.165, 1.54) is 0 Å². The summed E-state index contributed by atoms with van der Waals surface area (Å²) in [5.74, 6) is -1.00. The SMILES string of the molecule is C/C=C\C(C)=C(/C)C(=O)NC1CCC(=O)NC1=O. The molecule has 0 radical (unpaired) electrons. The summed E-state index contributed by atoms with van der Waals surface area (Å²) in [6.07, 6.45) is 4.29. The molecule has 0 bridgehead atoms. The Bertz CT molecular complexity index is 436. The molecular formula is C13H18N2O3. The topological polar surface area (TPSA) is 75.3 Å². The Labute approximate surface area is 106 Å². The quantitative estimate of drug-likeness (QED) is 0.442. The number of piperidine rings is 1. The van der Waals surface area contributed by atoms with E-state index in [0.29, 0.717) is 12.0 Å². The first-order valence-electron chi connectivity index (χ1n) is 5.90.